The van der Waals surface area contributed by atoms with Crippen molar-refractivity contribution in [3.05, 3.63) is 59.7 Å². The van der Waals surface area contributed by atoms with E-state index < -0.39 is 20.9 Å². The van der Waals surface area contributed by atoms with Gasteiger partial charge in [-0.3, -0.25) is 0 Å². The molecule has 0 bridgehead atoms. The second-order valence-corrected chi connectivity index (χ2v) is 7.21. The summed E-state index contributed by atoms with van der Waals surface area (Å²) in [5.41, 5.74) is 1.90. The van der Waals surface area contributed by atoms with Gasteiger partial charge in [-0.2, -0.15) is 0 Å². The zero-order valence-corrected chi connectivity index (χ0v) is 12.4. The molecule has 17 heavy (non-hydrogen) atoms. The number of rotatable bonds is 3. The van der Waals surface area contributed by atoms with E-state index in [-0.39, 0.29) is 5.24 Å². The Morgan fingerprint density at radius 3 is 2.35 bits per heavy atom. The van der Waals surface area contributed by atoms with Crippen LogP contribution in [0.5, 0.6) is 0 Å². The van der Waals surface area contributed by atoms with Crippen molar-refractivity contribution in [2.45, 2.75) is 6.92 Å². The molecule has 0 aliphatic carbocycles. The molecule has 3 heteroatoms. The predicted molar refractivity (Wildman–Crippen MR) is 72.8 cm³/mol. The van der Waals surface area contributed by atoms with Crippen LogP contribution >= 0.6 is 11.6 Å². The van der Waals surface area contributed by atoms with Crippen molar-refractivity contribution >= 4 is 45.0 Å². The number of benzene rings is 2. The van der Waals surface area contributed by atoms with Crippen molar-refractivity contribution in [3.63, 3.8) is 0 Å². The quantitative estimate of drug-likeness (QED) is 0.606. The van der Waals surface area contributed by atoms with Crippen LogP contribution in [0.1, 0.15) is 15.9 Å². The SMILES string of the molecule is Cc1ccc([Te]c2ccccc2C(=O)Cl)cc1. The third-order valence-electron chi connectivity index (χ3n) is 2.35. The Bertz CT molecular complexity index is 534. The van der Waals surface area contributed by atoms with Gasteiger partial charge in [-0.15, -0.1) is 0 Å². The summed E-state index contributed by atoms with van der Waals surface area (Å²) in [6, 6.07) is 16.1. The summed E-state index contributed by atoms with van der Waals surface area (Å²) in [6.45, 7) is 2.07. The van der Waals surface area contributed by atoms with Crippen molar-refractivity contribution in [2.24, 2.45) is 0 Å². The molecule has 0 aliphatic heterocycles. The van der Waals surface area contributed by atoms with Crippen LogP contribution < -0.4 is 7.22 Å². The van der Waals surface area contributed by atoms with E-state index >= 15 is 0 Å². The molecule has 0 aliphatic rings. The van der Waals surface area contributed by atoms with Gasteiger partial charge in [0.05, 0.1) is 0 Å². The van der Waals surface area contributed by atoms with Gasteiger partial charge in [-0.05, 0) is 0 Å². The second-order valence-electron chi connectivity index (χ2n) is 3.68. The molecule has 0 atom stereocenters. The van der Waals surface area contributed by atoms with E-state index in [9.17, 15) is 4.79 Å². The molecule has 2 aromatic rings. The van der Waals surface area contributed by atoms with Crippen LogP contribution in [0, 0.1) is 6.92 Å². The minimum absolute atomic E-state index is 0.363. The standard InChI is InChI=1S/C14H11ClOTe/c1-10-6-8-11(9-7-10)17-13-5-3-2-4-12(13)14(15)16/h2-9H,1H3. The van der Waals surface area contributed by atoms with Crippen LogP contribution in [-0.2, 0) is 0 Å². The molecule has 1 nitrogen and oxygen atoms in total. The van der Waals surface area contributed by atoms with Crippen LogP contribution in [0.3, 0.4) is 0 Å². The third kappa shape index (κ3) is 3.33. The van der Waals surface area contributed by atoms with Gasteiger partial charge in [-0.1, -0.05) is 0 Å². The average Bonchev–Trinajstić information content (AvgIpc) is 2.32. The fraction of sp³-hybridized carbons (Fsp3) is 0.0714. The van der Waals surface area contributed by atoms with Crippen molar-refractivity contribution in [1.82, 2.24) is 0 Å². The minimum atomic E-state index is -0.540. The summed E-state index contributed by atoms with van der Waals surface area (Å²) in [6.07, 6.45) is 0. The van der Waals surface area contributed by atoms with Gasteiger partial charge in [-0.25, -0.2) is 0 Å². The van der Waals surface area contributed by atoms with Crippen molar-refractivity contribution in [2.75, 3.05) is 0 Å². The molecule has 0 unspecified atom stereocenters. The summed E-state index contributed by atoms with van der Waals surface area (Å²) in [5.74, 6) is 0. The Balaban J connectivity index is 2.30. The third-order valence-corrected chi connectivity index (χ3v) is 5.64. The summed E-state index contributed by atoms with van der Waals surface area (Å²) < 4.78 is 2.41. The average molecular weight is 358 g/mol. The van der Waals surface area contributed by atoms with Gasteiger partial charge >= 0.3 is 116 Å². The van der Waals surface area contributed by atoms with Gasteiger partial charge in [0.15, 0.2) is 0 Å². The summed E-state index contributed by atoms with van der Waals surface area (Å²) in [5, 5.41) is -0.363. The molecule has 0 aromatic heterocycles. The van der Waals surface area contributed by atoms with Crippen LogP contribution in [0.25, 0.3) is 0 Å². The number of carbonyl (C=O) groups is 1. The molecule has 2 aromatic carbocycles. The molecule has 0 heterocycles. The van der Waals surface area contributed by atoms with E-state index in [0.717, 1.165) is 3.61 Å². The first-order chi connectivity index (χ1) is 8.16. The van der Waals surface area contributed by atoms with E-state index in [2.05, 4.69) is 31.2 Å². The molecule has 0 saturated carbocycles. The summed E-state index contributed by atoms with van der Waals surface area (Å²) in [7, 11) is 0. The van der Waals surface area contributed by atoms with Crippen LogP contribution in [0.15, 0.2) is 48.5 Å². The topological polar surface area (TPSA) is 17.1 Å². The molecule has 0 amide bonds. The van der Waals surface area contributed by atoms with Crippen molar-refractivity contribution < 1.29 is 4.79 Å². The zero-order valence-electron chi connectivity index (χ0n) is 9.31. The Hall–Kier alpha value is -0.810. The number of halogens is 1. The number of aryl methyl sites for hydroxylation is 1. The molecule has 0 N–H and O–H groups in total. The van der Waals surface area contributed by atoms with E-state index in [1.807, 2.05) is 18.2 Å². The Morgan fingerprint density at radius 2 is 1.71 bits per heavy atom. The van der Waals surface area contributed by atoms with Crippen LogP contribution in [0.4, 0.5) is 0 Å². The van der Waals surface area contributed by atoms with Gasteiger partial charge in [0.25, 0.3) is 0 Å². The molecule has 2 rings (SSSR count). The summed E-state index contributed by atoms with van der Waals surface area (Å²) >= 11 is 5.04. The molecule has 0 fully saturated rings. The maximum absolute atomic E-state index is 11.3. The van der Waals surface area contributed by atoms with Crippen LogP contribution in [0.2, 0.25) is 0 Å². The normalized spacial score (nSPS) is 10.2. The van der Waals surface area contributed by atoms with E-state index in [4.69, 9.17) is 11.6 Å². The monoisotopic (exact) mass is 360 g/mol. The predicted octanol–water partition coefficient (Wildman–Crippen LogP) is 2.03. The van der Waals surface area contributed by atoms with Gasteiger partial charge < -0.3 is 0 Å². The second kappa shape index (κ2) is 5.69. The maximum atomic E-state index is 11.3. The van der Waals surface area contributed by atoms with E-state index in [1.54, 1.807) is 6.07 Å². The molecule has 86 valence electrons. The van der Waals surface area contributed by atoms with E-state index in [0.29, 0.717) is 5.56 Å². The molecular formula is C14H11ClOTe. The molecule has 0 radical (unpaired) electrons. The number of hydrogen-bond donors (Lipinski definition) is 0. The van der Waals surface area contributed by atoms with Crippen molar-refractivity contribution in [1.29, 1.82) is 0 Å². The number of hydrogen-bond acceptors (Lipinski definition) is 1. The molecule has 0 spiro atoms. The Morgan fingerprint density at radius 1 is 1.06 bits per heavy atom. The van der Waals surface area contributed by atoms with Gasteiger partial charge in [0, 0.05) is 0 Å². The first kappa shape index (κ1) is 12.6. The first-order valence-corrected chi connectivity index (χ1v) is 7.91. The fourth-order valence-electron chi connectivity index (χ4n) is 1.45. The van der Waals surface area contributed by atoms with Gasteiger partial charge in [0.1, 0.15) is 0 Å². The molecule has 0 saturated heterocycles. The zero-order chi connectivity index (χ0) is 12.3. The Labute approximate surface area is 116 Å². The van der Waals surface area contributed by atoms with E-state index in [1.165, 1.54) is 9.17 Å². The van der Waals surface area contributed by atoms with Crippen LogP contribution in [-0.4, -0.2) is 26.2 Å². The fourth-order valence-corrected chi connectivity index (χ4v) is 4.48. The van der Waals surface area contributed by atoms with Crippen molar-refractivity contribution in [3.8, 4) is 0 Å². The summed E-state index contributed by atoms with van der Waals surface area (Å²) in [4.78, 5) is 11.3. The molecular weight excluding hydrogens is 347 g/mol. The van der Waals surface area contributed by atoms with Gasteiger partial charge in [0.2, 0.25) is 0 Å². The Kier molecular flexibility index (Phi) is 4.23. The number of carbonyl (C=O) groups excluding carboxylic acids is 1. The first-order valence-electron chi connectivity index (χ1n) is 5.20.